The Hall–Kier alpha value is -3.25. The van der Waals surface area contributed by atoms with Gasteiger partial charge in [0, 0.05) is 42.1 Å². The molecule has 3 heterocycles. The lowest BCUT2D eigenvalue weighted by Gasteiger charge is -2.40. The number of hydrogen-bond donors (Lipinski definition) is 0. The van der Waals surface area contributed by atoms with Crippen LogP contribution in [0.3, 0.4) is 0 Å². The number of nitrogens with zero attached hydrogens (tertiary/aromatic N) is 4. The fourth-order valence-electron chi connectivity index (χ4n) is 5.02. The Morgan fingerprint density at radius 3 is 2.11 bits per heavy atom. The molecule has 1 unspecified atom stereocenters. The summed E-state index contributed by atoms with van der Waals surface area (Å²) in [4.78, 5) is 15.4. The van der Waals surface area contributed by atoms with Crippen molar-refractivity contribution >= 4 is 39.0 Å². The van der Waals surface area contributed by atoms with Crippen molar-refractivity contribution in [2.45, 2.75) is 6.04 Å². The maximum Gasteiger partial charge on any atom is 0.141 e. The number of anilines is 1. The van der Waals surface area contributed by atoms with Crippen molar-refractivity contribution in [2.24, 2.45) is 0 Å². The Morgan fingerprint density at radius 1 is 0.743 bits per heavy atom. The molecule has 6 rings (SSSR count). The van der Waals surface area contributed by atoms with E-state index < -0.39 is 0 Å². The normalized spacial score (nSPS) is 15.4. The van der Waals surface area contributed by atoms with E-state index in [9.17, 15) is 0 Å². The number of halogens is 1. The number of hydrogen-bond acceptors (Lipinski definition) is 5. The first kappa shape index (κ1) is 22.2. The maximum atomic E-state index is 6.20. The second-order valence-corrected chi connectivity index (χ2v) is 10.1. The van der Waals surface area contributed by atoms with E-state index in [1.165, 1.54) is 22.3 Å². The molecule has 3 aromatic carbocycles. The third-order valence-electron chi connectivity index (χ3n) is 6.72. The summed E-state index contributed by atoms with van der Waals surface area (Å²) in [6, 6.07) is 29.8. The minimum Gasteiger partial charge on any atom is -0.353 e. The molecule has 1 aliphatic rings. The van der Waals surface area contributed by atoms with Crippen LogP contribution in [0.2, 0.25) is 5.02 Å². The molecule has 5 aromatic rings. The lowest BCUT2D eigenvalue weighted by atomic mass is 9.96. The van der Waals surface area contributed by atoms with Gasteiger partial charge in [-0.05, 0) is 28.8 Å². The average Bonchev–Trinajstić information content (AvgIpc) is 3.36. The highest BCUT2D eigenvalue weighted by molar-refractivity contribution is 7.17. The van der Waals surface area contributed by atoms with Crippen LogP contribution >= 0.6 is 22.9 Å². The molecule has 1 fully saturated rings. The highest BCUT2D eigenvalue weighted by Gasteiger charge is 2.28. The van der Waals surface area contributed by atoms with Gasteiger partial charge in [0.05, 0.1) is 11.4 Å². The van der Waals surface area contributed by atoms with Gasteiger partial charge >= 0.3 is 0 Å². The van der Waals surface area contributed by atoms with Gasteiger partial charge in [0.2, 0.25) is 0 Å². The molecule has 1 saturated heterocycles. The van der Waals surface area contributed by atoms with Gasteiger partial charge in [-0.15, -0.1) is 11.3 Å². The minimum atomic E-state index is 0.196. The number of fused-ring (bicyclic) bond motifs is 1. The van der Waals surface area contributed by atoms with E-state index >= 15 is 0 Å². The Morgan fingerprint density at radius 2 is 1.40 bits per heavy atom. The van der Waals surface area contributed by atoms with Gasteiger partial charge in [-0.2, -0.15) is 0 Å². The minimum absolute atomic E-state index is 0.196. The molecule has 1 atom stereocenters. The summed E-state index contributed by atoms with van der Waals surface area (Å²) in [5.41, 5.74) is 4.99. The van der Waals surface area contributed by atoms with E-state index in [1.807, 2.05) is 12.1 Å². The fraction of sp³-hybridized carbons (Fsp3) is 0.172. The lowest BCUT2D eigenvalue weighted by Crippen LogP contribution is -2.48. The van der Waals surface area contributed by atoms with E-state index in [0.29, 0.717) is 0 Å². The van der Waals surface area contributed by atoms with Crippen molar-refractivity contribution in [3.05, 3.63) is 113 Å². The summed E-state index contributed by atoms with van der Waals surface area (Å²) in [6.45, 7) is 3.71. The predicted molar refractivity (Wildman–Crippen MR) is 146 cm³/mol. The van der Waals surface area contributed by atoms with Crippen LogP contribution in [0.25, 0.3) is 21.3 Å². The van der Waals surface area contributed by atoms with Crippen LogP contribution in [-0.4, -0.2) is 41.0 Å². The molecule has 6 heteroatoms. The molecule has 1 aliphatic heterocycles. The molecule has 4 nitrogen and oxygen atoms in total. The molecule has 0 amide bonds. The van der Waals surface area contributed by atoms with Crippen LogP contribution in [0, 0.1) is 0 Å². The van der Waals surface area contributed by atoms with Crippen molar-refractivity contribution in [1.82, 2.24) is 14.9 Å². The standard InChI is InChI=1S/C29H25ClN4S/c30-24-13-11-23(12-14-24)27(22-9-5-2-6-10-22)33-15-17-34(18-16-33)28-26-25(21-7-3-1-4-8-21)19-35-29(26)32-20-31-28/h1-14,19-20,27H,15-18H2. The number of rotatable bonds is 5. The zero-order valence-corrected chi connectivity index (χ0v) is 20.8. The summed E-state index contributed by atoms with van der Waals surface area (Å²) in [5, 5.41) is 4.14. The summed E-state index contributed by atoms with van der Waals surface area (Å²) >= 11 is 7.89. The summed E-state index contributed by atoms with van der Waals surface area (Å²) < 4.78 is 0. The molecule has 2 aromatic heterocycles. The largest absolute Gasteiger partial charge is 0.353 e. The fourth-order valence-corrected chi connectivity index (χ4v) is 6.05. The highest BCUT2D eigenvalue weighted by Crippen LogP contribution is 2.38. The van der Waals surface area contributed by atoms with Crippen LogP contribution in [0.15, 0.2) is 96.6 Å². The number of benzene rings is 3. The first-order valence-corrected chi connectivity index (χ1v) is 13.1. The first-order chi connectivity index (χ1) is 17.3. The number of aromatic nitrogens is 2. The Bertz CT molecular complexity index is 1410. The van der Waals surface area contributed by atoms with Gasteiger partial charge in [0.1, 0.15) is 17.0 Å². The van der Waals surface area contributed by atoms with Crippen LogP contribution in [-0.2, 0) is 0 Å². The monoisotopic (exact) mass is 496 g/mol. The van der Waals surface area contributed by atoms with E-state index in [-0.39, 0.29) is 6.04 Å². The smallest absolute Gasteiger partial charge is 0.141 e. The van der Waals surface area contributed by atoms with E-state index in [2.05, 4.69) is 93.0 Å². The van der Waals surface area contributed by atoms with Crippen molar-refractivity contribution in [3.63, 3.8) is 0 Å². The second-order valence-electron chi connectivity index (χ2n) is 8.78. The molecular weight excluding hydrogens is 472 g/mol. The SMILES string of the molecule is Clc1ccc(C(c2ccccc2)N2CCN(c3ncnc4scc(-c5ccccc5)c34)CC2)cc1. The molecule has 174 valence electrons. The lowest BCUT2D eigenvalue weighted by molar-refractivity contribution is 0.212. The average molecular weight is 497 g/mol. The summed E-state index contributed by atoms with van der Waals surface area (Å²) in [7, 11) is 0. The predicted octanol–water partition coefficient (Wildman–Crippen LogP) is 6.92. The summed E-state index contributed by atoms with van der Waals surface area (Å²) in [6.07, 6.45) is 1.70. The van der Waals surface area contributed by atoms with Crippen LogP contribution < -0.4 is 4.90 Å². The quantitative estimate of drug-likeness (QED) is 0.264. The van der Waals surface area contributed by atoms with Crippen molar-refractivity contribution in [3.8, 4) is 11.1 Å². The van der Waals surface area contributed by atoms with Crippen molar-refractivity contribution < 1.29 is 0 Å². The van der Waals surface area contributed by atoms with Crippen LogP contribution in [0.4, 0.5) is 5.82 Å². The second kappa shape index (κ2) is 9.78. The number of thiophene rings is 1. The molecule has 0 N–H and O–H groups in total. The molecule has 0 bridgehead atoms. The maximum absolute atomic E-state index is 6.20. The zero-order valence-electron chi connectivity index (χ0n) is 19.2. The first-order valence-electron chi connectivity index (χ1n) is 11.8. The van der Waals surface area contributed by atoms with Gasteiger partial charge in [-0.1, -0.05) is 84.4 Å². The van der Waals surface area contributed by atoms with Crippen molar-refractivity contribution in [2.75, 3.05) is 31.1 Å². The third-order valence-corrected chi connectivity index (χ3v) is 7.85. The Balaban J connectivity index is 1.30. The Kier molecular flexibility index (Phi) is 6.21. The van der Waals surface area contributed by atoms with E-state index in [1.54, 1.807) is 17.7 Å². The highest BCUT2D eigenvalue weighted by atomic mass is 35.5. The zero-order chi connectivity index (χ0) is 23.6. The van der Waals surface area contributed by atoms with Gasteiger partial charge in [0.15, 0.2) is 0 Å². The molecule has 0 saturated carbocycles. The Labute approximate surface area is 214 Å². The van der Waals surface area contributed by atoms with Gasteiger partial charge in [-0.3, -0.25) is 4.90 Å². The van der Waals surface area contributed by atoms with E-state index in [0.717, 1.165) is 47.2 Å². The van der Waals surface area contributed by atoms with E-state index in [4.69, 9.17) is 16.6 Å². The molecule has 35 heavy (non-hydrogen) atoms. The van der Waals surface area contributed by atoms with Gasteiger partial charge < -0.3 is 4.90 Å². The molecule has 0 spiro atoms. The summed E-state index contributed by atoms with van der Waals surface area (Å²) in [5.74, 6) is 1.04. The van der Waals surface area contributed by atoms with Crippen molar-refractivity contribution in [1.29, 1.82) is 0 Å². The topological polar surface area (TPSA) is 32.3 Å². The molecular formula is C29H25ClN4S. The van der Waals surface area contributed by atoms with Gasteiger partial charge in [-0.25, -0.2) is 9.97 Å². The van der Waals surface area contributed by atoms with Gasteiger partial charge in [0.25, 0.3) is 0 Å². The number of piperazine rings is 1. The molecule has 0 aliphatic carbocycles. The molecule has 0 radical (unpaired) electrons. The van der Waals surface area contributed by atoms with Crippen LogP contribution in [0.5, 0.6) is 0 Å². The third kappa shape index (κ3) is 4.43. The van der Waals surface area contributed by atoms with Crippen LogP contribution in [0.1, 0.15) is 17.2 Å².